The molecule has 2 saturated heterocycles. The molecule has 0 aromatic rings. The van der Waals surface area contributed by atoms with Crippen molar-refractivity contribution < 1.29 is 4.74 Å². The SMILES string of the molecule is CCC1(CN2CC(C)OC(C)C2)CCCNC1. The summed E-state index contributed by atoms with van der Waals surface area (Å²) in [7, 11) is 0. The molecule has 3 nitrogen and oxygen atoms in total. The summed E-state index contributed by atoms with van der Waals surface area (Å²) in [5.41, 5.74) is 0.509. The van der Waals surface area contributed by atoms with Crippen molar-refractivity contribution in [2.24, 2.45) is 5.41 Å². The zero-order valence-corrected chi connectivity index (χ0v) is 11.7. The molecule has 0 aromatic carbocycles. The van der Waals surface area contributed by atoms with Gasteiger partial charge < -0.3 is 10.1 Å². The number of morpholine rings is 1. The first-order valence-electron chi connectivity index (χ1n) is 7.22. The molecule has 0 radical (unpaired) electrons. The summed E-state index contributed by atoms with van der Waals surface area (Å²) in [6.07, 6.45) is 4.80. The Morgan fingerprint density at radius 2 is 2.00 bits per heavy atom. The third-order valence-corrected chi connectivity index (χ3v) is 4.36. The zero-order chi connectivity index (χ0) is 12.3. The minimum atomic E-state index is 0.393. The highest BCUT2D eigenvalue weighted by Crippen LogP contribution is 2.31. The Morgan fingerprint density at radius 1 is 1.29 bits per heavy atom. The Balaban J connectivity index is 1.93. The summed E-state index contributed by atoms with van der Waals surface area (Å²) in [5.74, 6) is 0. The van der Waals surface area contributed by atoms with Crippen LogP contribution in [0.3, 0.4) is 0 Å². The summed E-state index contributed by atoms with van der Waals surface area (Å²) in [5, 5.41) is 3.58. The average Bonchev–Trinajstić information content (AvgIpc) is 2.29. The Morgan fingerprint density at radius 3 is 2.53 bits per heavy atom. The van der Waals surface area contributed by atoms with Crippen molar-refractivity contribution in [2.45, 2.75) is 52.2 Å². The summed E-state index contributed by atoms with van der Waals surface area (Å²) in [4.78, 5) is 2.62. The summed E-state index contributed by atoms with van der Waals surface area (Å²) < 4.78 is 5.81. The topological polar surface area (TPSA) is 24.5 Å². The lowest BCUT2D eigenvalue weighted by molar-refractivity contribution is -0.0797. The molecule has 3 atom stereocenters. The van der Waals surface area contributed by atoms with Crippen LogP contribution in [0.25, 0.3) is 0 Å². The van der Waals surface area contributed by atoms with Gasteiger partial charge in [0.25, 0.3) is 0 Å². The Bertz CT molecular complexity index is 228. The minimum absolute atomic E-state index is 0.393. The van der Waals surface area contributed by atoms with Gasteiger partial charge in [-0.3, -0.25) is 4.90 Å². The van der Waals surface area contributed by atoms with Gasteiger partial charge in [-0.2, -0.15) is 0 Å². The summed E-state index contributed by atoms with van der Waals surface area (Å²) >= 11 is 0. The third-order valence-electron chi connectivity index (χ3n) is 4.36. The number of ether oxygens (including phenoxy) is 1. The molecule has 3 heteroatoms. The highest BCUT2D eigenvalue weighted by molar-refractivity contribution is 4.89. The van der Waals surface area contributed by atoms with E-state index < -0.39 is 0 Å². The molecule has 0 spiro atoms. The van der Waals surface area contributed by atoms with E-state index in [1.165, 1.54) is 38.9 Å². The monoisotopic (exact) mass is 240 g/mol. The van der Waals surface area contributed by atoms with Crippen molar-refractivity contribution in [3.05, 3.63) is 0 Å². The van der Waals surface area contributed by atoms with Crippen LogP contribution in [0.2, 0.25) is 0 Å². The minimum Gasteiger partial charge on any atom is -0.373 e. The summed E-state index contributed by atoms with van der Waals surface area (Å²) in [6, 6.07) is 0. The van der Waals surface area contributed by atoms with E-state index in [1.54, 1.807) is 0 Å². The predicted molar refractivity (Wildman–Crippen MR) is 71.3 cm³/mol. The number of nitrogens with zero attached hydrogens (tertiary/aromatic N) is 1. The normalized spacial score (nSPS) is 40.4. The van der Waals surface area contributed by atoms with E-state index in [1.807, 2.05) is 0 Å². The molecule has 2 heterocycles. The first kappa shape index (κ1) is 13.3. The molecule has 2 fully saturated rings. The average molecular weight is 240 g/mol. The van der Waals surface area contributed by atoms with E-state index in [0.717, 1.165) is 13.1 Å². The van der Waals surface area contributed by atoms with Crippen LogP contribution in [0.15, 0.2) is 0 Å². The van der Waals surface area contributed by atoms with Gasteiger partial charge in [0.1, 0.15) is 0 Å². The van der Waals surface area contributed by atoms with E-state index in [2.05, 4.69) is 31.0 Å². The third kappa shape index (κ3) is 3.43. The molecule has 3 unspecified atom stereocenters. The zero-order valence-electron chi connectivity index (χ0n) is 11.7. The molecule has 0 amide bonds. The maximum atomic E-state index is 5.81. The Hall–Kier alpha value is -0.120. The van der Waals surface area contributed by atoms with Gasteiger partial charge in [-0.05, 0) is 45.1 Å². The second-order valence-corrected chi connectivity index (χ2v) is 6.09. The molecule has 2 aliphatic heterocycles. The van der Waals surface area contributed by atoms with Crippen LogP contribution in [0.4, 0.5) is 0 Å². The first-order valence-corrected chi connectivity index (χ1v) is 7.22. The van der Waals surface area contributed by atoms with Crippen LogP contribution in [0.1, 0.15) is 40.0 Å². The lowest BCUT2D eigenvalue weighted by Gasteiger charge is -2.44. The van der Waals surface area contributed by atoms with Gasteiger partial charge in [0.05, 0.1) is 12.2 Å². The highest BCUT2D eigenvalue weighted by Gasteiger charge is 2.34. The Labute approximate surface area is 106 Å². The van der Waals surface area contributed by atoms with Gasteiger partial charge in [-0.15, -0.1) is 0 Å². The molecule has 2 rings (SSSR count). The van der Waals surface area contributed by atoms with Gasteiger partial charge in [0.15, 0.2) is 0 Å². The molecule has 100 valence electrons. The smallest absolute Gasteiger partial charge is 0.0678 e. The van der Waals surface area contributed by atoms with Crippen molar-refractivity contribution in [1.82, 2.24) is 10.2 Å². The molecule has 17 heavy (non-hydrogen) atoms. The van der Waals surface area contributed by atoms with Gasteiger partial charge in [0.2, 0.25) is 0 Å². The van der Waals surface area contributed by atoms with E-state index >= 15 is 0 Å². The molecule has 0 aliphatic carbocycles. The van der Waals surface area contributed by atoms with Crippen molar-refractivity contribution in [3.63, 3.8) is 0 Å². The van der Waals surface area contributed by atoms with E-state index in [-0.39, 0.29) is 0 Å². The van der Waals surface area contributed by atoms with E-state index in [4.69, 9.17) is 4.74 Å². The van der Waals surface area contributed by atoms with Crippen LogP contribution in [-0.4, -0.2) is 49.8 Å². The van der Waals surface area contributed by atoms with E-state index in [0.29, 0.717) is 17.6 Å². The molecule has 0 aromatic heterocycles. The number of piperidine rings is 1. The van der Waals surface area contributed by atoms with Crippen molar-refractivity contribution in [2.75, 3.05) is 32.7 Å². The Kier molecular flexibility index (Phi) is 4.45. The van der Waals surface area contributed by atoms with Crippen molar-refractivity contribution >= 4 is 0 Å². The van der Waals surface area contributed by atoms with Crippen molar-refractivity contribution in [1.29, 1.82) is 0 Å². The van der Waals surface area contributed by atoms with Crippen LogP contribution in [-0.2, 0) is 4.74 Å². The van der Waals surface area contributed by atoms with E-state index in [9.17, 15) is 0 Å². The lowest BCUT2D eigenvalue weighted by atomic mass is 9.77. The second-order valence-electron chi connectivity index (χ2n) is 6.09. The number of rotatable bonds is 3. The fraction of sp³-hybridized carbons (Fsp3) is 1.00. The van der Waals surface area contributed by atoms with Gasteiger partial charge in [0, 0.05) is 26.2 Å². The summed E-state index contributed by atoms with van der Waals surface area (Å²) in [6.45, 7) is 12.6. The fourth-order valence-electron chi connectivity index (χ4n) is 3.47. The maximum Gasteiger partial charge on any atom is 0.0678 e. The molecule has 0 bridgehead atoms. The highest BCUT2D eigenvalue weighted by atomic mass is 16.5. The van der Waals surface area contributed by atoms with Gasteiger partial charge in [-0.25, -0.2) is 0 Å². The lowest BCUT2D eigenvalue weighted by Crippen LogP contribution is -2.53. The van der Waals surface area contributed by atoms with Crippen LogP contribution >= 0.6 is 0 Å². The predicted octanol–water partition coefficient (Wildman–Crippen LogP) is 1.88. The molecule has 2 aliphatic rings. The van der Waals surface area contributed by atoms with Gasteiger partial charge >= 0.3 is 0 Å². The first-order chi connectivity index (χ1) is 8.13. The number of nitrogens with one attached hydrogen (secondary N) is 1. The van der Waals surface area contributed by atoms with Gasteiger partial charge in [-0.1, -0.05) is 6.92 Å². The van der Waals surface area contributed by atoms with Crippen LogP contribution in [0, 0.1) is 5.41 Å². The maximum absolute atomic E-state index is 5.81. The largest absolute Gasteiger partial charge is 0.373 e. The fourth-order valence-corrected chi connectivity index (χ4v) is 3.47. The molecule has 0 saturated carbocycles. The van der Waals surface area contributed by atoms with Crippen LogP contribution < -0.4 is 5.32 Å². The molecular weight excluding hydrogens is 212 g/mol. The quantitative estimate of drug-likeness (QED) is 0.815. The van der Waals surface area contributed by atoms with Crippen LogP contribution in [0.5, 0.6) is 0 Å². The number of hydrogen-bond acceptors (Lipinski definition) is 3. The second kappa shape index (κ2) is 5.68. The number of hydrogen-bond donors (Lipinski definition) is 1. The molecular formula is C14H28N2O. The molecule has 1 N–H and O–H groups in total. The standard InChI is InChI=1S/C14H28N2O/c1-4-14(6-5-7-15-10-14)11-16-8-12(2)17-13(3)9-16/h12-13,15H,4-11H2,1-3H3. The van der Waals surface area contributed by atoms with Crippen molar-refractivity contribution in [3.8, 4) is 0 Å².